The number of para-hydroxylation sites is 1. The molecule has 1 saturated carbocycles. The number of hydrogen-bond acceptors (Lipinski definition) is 4. The van der Waals surface area contributed by atoms with Crippen molar-refractivity contribution in [1.29, 1.82) is 0 Å². The average molecular weight is 402 g/mol. The normalized spacial score (nSPS) is 29.5. The molecule has 4 rings (SSSR count). The summed E-state index contributed by atoms with van der Waals surface area (Å²) in [5, 5.41) is 3.46. The lowest BCUT2D eigenvalue weighted by Crippen LogP contribution is -2.52. The van der Waals surface area contributed by atoms with E-state index in [2.05, 4.69) is 17.7 Å². The standard InChI is InChI=1S/C20H23FN4O4/c1-12-6-8-20(9-7-12)18(28)25(19(29)22-20)23-17(27)13-10-16(26)24(11-13)15-5-3-2-4-14(15)21/h2-5,12-13H,6-11H2,1H3,(H,22,29)(H,23,27)/t12?,13-,20?/m1/s1. The summed E-state index contributed by atoms with van der Waals surface area (Å²) in [7, 11) is 0. The van der Waals surface area contributed by atoms with Gasteiger partial charge in [0.25, 0.3) is 5.91 Å². The highest BCUT2D eigenvalue weighted by atomic mass is 19.1. The van der Waals surface area contributed by atoms with Crippen LogP contribution in [0.15, 0.2) is 24.3 Å². The molecule has 2 saturated heterocycles. The number of hydrogen-bond donors (Lipinski definition) is 2. The molecule has 0 bridgehead atoms. The Labute approximate surface area is 167 Å². The highest BCUT2D eigenvalue weighted by Crippen LogP contribution is 2.36. The van der Waals surface area contributed by atoms with Crippen molar-refractivity contribution in [2.24, 2.45) is 11.8 Å². The number of imide groups is 1. The predicted octanol–water partition coefficient (Wildman–Crippen LogP) is 1.71. The van der Waals surface area contributed by atoms with Gasteiger partial charge in [-0.1, -0.05) is 19.1 Å². The molecule has 2 heterocycles. The van der Waals surface area contributed by atoms with Crippen LogP contribution in [0.4, 0.5) is 14.9 Å². The number of urea groups is 1. The van der Waals surface area contributed by atoms with E-state index < -0.39 is 35.1 Å². The molecular formula is C20H23FN4O4. The molecular weight excluding hydrogens is 379 g/mol. The third-order valence-electron chi connectivity index (χ3n) is 6.15. The number of halogens is 1. The van der Waals surface area contributed by atoms with Crippen LogP contribution in [-0.4, -0.2) is 40.8 Å². The van der Waals surface area contributed by atoms with Crippen molar-refractivity contribution < 1.29 is 23.6 Å². The van der Waals surface area contributed by atoms with Crippen LogP contribution in [0.1, 0.15) is 39.0 Å². The number of carbonyl (C=O) groups is 4. The molecule has 5 amide bonds. The zero-order chi connectivity index (χ0) is 20.8. The maximum Gasteiger partial charge on any atom is 0.344 e. The van der Waals surface area contributed by atoms with E-state index in [-0.39, 0.29) is 24.6 Å². The van der Waals surface area contributed by atoms with Crippen LogP contribution in [0.2, 0.25) is 0 Å². The monoisotopic (exact) mass is 402 g/mol. The second kappa shape index (κ2) is 7.13. The Bertz CT molecular complexity index is 881. The van der Waals surface area contributed by atoms with Gasteiger partial charge in [0.15, 0.2) is 0 Å². The second-order valence-corrected chi connectivity index (χ2v) is 8.17. The molecule has 29 heavy (non-hydrogen) atoms. The number of carbonyl (C=O) groups excluding carboxylic acids is 4. The summed E-state index contributed by atoms with van der Waals surface area (Å²) in [5.41, 5.74) is 1.52. The Kier molecular flexibility index (Phi) is 4.76. The summed E-state index contributed by atoms with van der Waals surface area (Å²) < 4.78 is 14.0. The third-order valence-corrected chi connectivity index (χ3v) is 6.15. The van der Waals surface area contributed by atoms with Crippen LogP contribution < -0.4 is 15.6 Å². The Balaban J connectivity index is 1.43. The molecule has 3 fully saturated rings. The van der Waals surface area contributed by atoms with Gasteiger partial charge in [0.05, 0.1) is 11.6 Å². The van der Waals surface area contributed by atoms with Gasteiger partial charge >= 0.3 is 6.03 Å². The first-order chi connectivity index (χ1) is 13.8. The fourth-order valence-corrected chi connectivity index (χ4v) is 4.30. The van der Waals surface area contributed by atoms with Crippen LogP contribution >= 0.6 is 0 Å². The lowest BCUT2D eigenvalue weighted by atomic mass is 9.77. The Morgan fingerprint density at radius 3 is 2.59 bits per heavy atom. The number of nitrogens with zero attached hydrogens (tertiary/aromatic N) is 2. The summed E-state index contributed by atoms with van der Waals surface area (Å²) in [6.07, 6.45) is 2.60. The lowest BCUT2D eigenvalue weighted by molar-refractivity contribution is -0.141. The van der Waals surface area contributed by atoms with Crippen LogP contribution in [0.5, 0.6) is 0 Å². The van der Waals surface area contributed by atoms with Gasteiger partial charge in [-0.05, 0) is 43.7 Å². The first-order valence-electron chi connectivity index (χ1n) is 9.83. The number of nitrogens with one attached hydrogen (secondary N) is 2. The molecule has 8 nitrogen and oxygen atoms in total. The van der Waals surface area contributed by atoms with Crippen LogP contribution in [0, 0.1) is 17.7 Å². The molecule has 0 unspecified atom stereocenters. The summed E-state index contributed by atoms with van der Waals surface area (Å²) in [6.45, 7) is 2.09. The number of rotatable bonds is 3. The molecule has 3 aliphatic rings. The maximum absolute atomic E-state index is 14.0. The third kappa shape index (κ3) is 3.34. The largest absolute Gasteiger partial charge is 0.344 e. The van der Waals surface area contributed by atoms with Gasteiger partial charge in [0.2, 0.25) is 11.8 Å². The molecule has 1 aromatic carbocycles. The van der Waals surface area contributed by atoms with Gasteiger partial charge in [0, 0.05) is 13.0 Å². The van der Waals surface area contributed by atoms with Gasteiger partial charge in [-0.15, -0.1) is 0 Å². The van der Waals surface area contributed by atoms with E-state index >= 15 is 0 Å². The van der Waals surface area contributed by atoms with E-state index in [1.165, 1.54) is 23.1 Å². The molecule has 2 aliphatic heterocycles. The molecule has 1 aliphatic carbocycles. The summed E-state index contributed by atoms with van der Waals surface area (Å²) in [6, 6.07) is 5.18. The van der Waals surface area contributed by atoms with Crippen LogP contribution in [0.25, 0.3) is 0 Å². The van der Waals surface area contributed by atoms with Gasteiger partial charge in [-0.25, -0.2) is 9.18 Å². The summed E-state index contributed by atoms with van der Waals surface area (Å²) in [5.74, 6) is -2.30. The quantitative estimate of drug-likeness (QED) is 0.752. The van der Waals surface area contributed by atoms with Crippen molar-refractivity contribution >= 4 is 29.4 Å². The molecule has 0 aromatic heterocycles. The molecule has 154 valence electrons. The van der Waals surface area contributed by atoms with Crippen LogP contribution in [-0.2, 0) is 14.4 Å². The van der Waals surface area contributed by atoms with E-state index in [1.807, 2.05) is 0 Å². The Morgan fingerprint density at radius 2 is 1.90 bits per heavy atom. The van der Waals surface area contributed by atoms with E-state index in [4.69, 9.17) is 0 Å². The zero-order valence-electron chi connectivity index (χ0n) is 16.1. The number of anilines is 1. The van der Waals surface area contributed by atoms with Gasteiger partial charge in [-0.2, -0.15) is 5.01 Å². The number of hydrazine groups is 1. The van der Waals surface area contributed by atoms with E-state index in [0.29, 0.717) is 18.8 Å². The van der Waals surface area contributed by atoms with Crippen LogP contribution in [0.3, 0.4) is 0 Å². The predicted molar refractivity (Wildman–Crippen MR) is 101 cm³/mol. The van der Waals surface area contributed by atoms with Crippen molar-refractivity contribution in [3.05, 3.63) is 30.1 Å². The second-order valence-electron chi connectivity index (χ2n) is 8.17. The number of benzene rings is 1. The minimum Gasteiger partial charge on any atom is -0.322 e. The smallest absolute Gasteiger partial charge is 0.322 e. The summed E-state index contributed by atoms with van der Waals surface area (Å²) in [4.78, 5) is 51.4. The fourth-order valence-electron chi connectivity index (χ4n) is 4.30. The van der Waals surface area contributed by atoms with E-state index in [1.54, 1.807) is 6.07 Å². The topological polar surface area (TPSA) is 98.8 Å². The number of amides is 5. The van der Waals surface area contributed by atoms with Crippen molar-refractivity contribution in [2.75, 3.05) is 11.4 Å². The molecule has 0 radical (unpaired) electrons. The van der Waals surface area contributed by atoms with Gasteiger partial charge in [0.1, 0.15) is 11.4 Å². The maximum atomic E-state index is 14.0. The van der Waals surface area contributed by atoms with Gasteiger partial charge in [-0.3, -0.25) is 19.8 Å². The average Bonchev–Trinajstić information content (AvgIpc) is 3.18. The van der Waals surface area contributed by atoms with E-state index in [9.17, 15) is 23.6 Å². The Morgan fingerprint density at radius 1 is 1.21 bits per heavy atom. The first kappa shape index (κ1) is 19.4. The highest BCUT2D eigenvalue weighted by molar-refractivity contribution is 6.08. The zero-order valence-corrected chi connectivity index (χ0v) is 16.1. The minimum atomic E-state index is -0.957. The molecule has 9 heteroatoms. The molecule has 1 atom stereocenters. The molecule has 1 aromatic rings. The van der Waals surface area contributed by atoms with Crippen molar-refractivity contribution in [2.45, 2.75) is 44.6 Å². The SMILES string of the molecule is CC1CCC2(CC1)NC(=O)N(NC(=O)[C@@H]1CC(=O)N(c3ccccc3F)C1)C2=O. The van der Waals surface area contributed by atoms with Crippen molar-refractivity contribution in [3.8, 4) is 0 Å². The lowest BCUT2D eigenvalue weighted by Gasteiger charge is -2.33. The van der Waals surface area contributed by atoms with Crippen molar-refractivity contribution in [3.63, 3.8) is 0 Å². The van der Waals surface area contributed by atoms with Gasteiger partial charge < -0.3 is 10.2 Å². The highest BCUT2D eigenvalue weighted by Gasteiger charge is 2.53. The minimum absolute atomic E-state index is 0.0160. The van der Waals surface area contributed by atoms with E-state index in [0.717, 1.165) is 17.9 Å². The first-order valence-corrected chi connectivity index (χ1v) is 9.83. The van der Waals surface area contributed by atoms with Crippen molar-refractivity contribution in [1.82, 2.24) is 15.8 Å². The summed E-state index contributed by atoms with van der Waals surface area (Å²) >= 11 is 0. The molecule has 2 N–H and O–H groups in total. The fraction of sp³-hybridized carbons (Fsp3) is 0.500. The Hall–Kier alpha value is -2.97. The molecule has 1 spiro atoms.